The van der Waals surface area contributed by atoms with E-state index in [1.54, 1.807) is 0 Å². The summed E-state index contributed by atoms with van der Waals surface area (Å²) in [6.45, 7) is 0.601. The van der Waals surface area contributed by atoms with Gasteiger partial charge in [-0.2, -0.15) is 0 Å². The number of hydrogen-bond donors (Lipinski definition) is 2. The zero-order valence-corrected chi connectivity index (χ0v) is 12.2. The van der Waals surface area contributed by atoms with Gasteiger partial charge in [-0.3, -0.25) is 10.1 Å². The van der Waals surface area contributed by atoms with Gasteiger partial charge in [-0.1, -0.05) is 6.07 Å². The topological polar surface area (TPSA) is 119 Å². The van der Waals surface area contributed by atoms with Crippen molar-refractivity contribution in [2.75, 3.05) is 31.3 Å². The number of ether oxygens (including phenoxy) is 1. The maximum absolute atomic E-state index is 11.6. The molecule has 1 aromatic carbocycles. The Kier molecular flexibility index (Phi) is 4.17. The molecule has 0 aromatic heterocycles. The molecule has 1 heterocycles. The molecular formula is C12H16N2O6S. The summed E-state index contributed by atoms with van der Waals surface area (Å²) in [5.41, 5.74) is -1.56. The fourth-order valence-corrected chi connectivity index (χ4v) is 3.01. The average molecular weight is 316 g/mol. The SMILES string of the molecule is CS(=O)(=O)c1cccc(NCC2(O)CCOC2)c1[N+](=O)[O-]. The van der Waals surface area contributed by atoms with Crippen LogP contribution in [0, 0.1) is 10.1 Å². The number of nitrogens with one attached hydrogen (secondary N) is 1. The second kappa shape index (κ2) is 5.58. The summed E-state index contributed by atoms with van der Waals surface area (Å²) in [6, 6.07) is 4.01. The Labute approximate surface area is 121 Å². The molecule has 1 unspecified atom stereocenters. The van der Waals surface area contributed by atoms with Gasteiger partial charge in [0, 0.05) is 25.8 Å². The standard InChI is InChI=1S/C12H16N2O6S/c1-21(18,19)10-4-2-3-9(11(10)14(16)17)13-7-12(15)5-6-20-8-12/h2-4,13,15H,5-8H2,1H3. The fourth-order valence-electron chi connectivity index (χ4n) is 2.15. The van der Waals surface area contributed by atoms with Crippen molar-refractivity contribution < 1.29 is 23.2 Å². The Balaban J connectivity index is 2.33. The molecule has 0 radical (unpaired) electrons. The van der Waals surface area contributed by atoms with Crippen LogP contribution in [0.1, 0.15) is 6.42 Å². The van der Waals surface area contributed by atoms with E-state index in [1.807, 2.05) is 0 Å². The fraction of sp³-hybridized carbons (Fsp3) is 0.500. The van der Waals surface area contributed by atoms with E-state index in [9.17, 15) is 23.6 Å². The molecule has 1 atom stereocenters. The first kappa shape index (κ1) is 15.7. The predicted octanol–water partition coefficient (Wildman–Crippen LogP) is 0.562. The molecule has 8 nitrogen and oxygen atoms in total. The third-order valence-corrected chi connectivity index (χ3v) is 4.40. The number of anilines is 1. The van der Waals surface area contributed by atoms with Crippen LogP contribution in [0.4, 0.5) is 11.4 Å². The van der Waals surface area contributed by atoms with Gasteiger partial charge in [0.25, 0.3) is 0 Å². The van der Waals surface area contributed by atoms with Crippen molar-refractivity contribution in [2.24, 2.45) is 0 Å². The summed E-state index contributed by atoms with van der Waals surface area (Å²) in [5.74, 6) is 0. The largest absolute Gasteiger partial charge is 0.386 e. The summed E-state index contributed by atoms with van der Waals surface area (Å²) >= 11 is 0. The summed E-state index contributed by atoms with van der Waals surface area (Å²) in [5, 5.41) is 24.1. The van der Waals surface area contributed by atoms with Gasteiger partial charge in [-0.25, -0.2) is 8.42 Å². The van der Waals surface area contributed by atoms with Crippen LogP contribution in [0.15, 0.2) is 23.1 Å². The number of benzene rings is 1. The second-order valence-corrected chi connectivity index (χ2v) is 7.05. The van der Waals surface area contributed by atoms with E-state index in [0.29, 0.717) is 13.0 Å². The Morgan fingerprint density at radius 1 is 1.52 bits per heavy atom. The predicted molar refractivity (Wildman–Crippen MR) is 75.1 cm³/mol. The van der Waals surface area contributed by atoms with Crippen LogP contribution in [-0.4, -0.2) is 50.1 Å². The van der Waals surface area contributed by atoms with Gasteiger partial charge in [0.1, 0.15) is 16.2 Å². The molecular weight excluding hydrogens is 300 g/mol. The second-order valence-electron chi connectivity index (χ2n) is 5.06. The highest BCUT2D eigenvalue weighted by Crippen LogP contribution is 2.32. The molecule has 1 aromatic rings. The highest BCUT2D eigenvalue weighted by molar-refractivity contribution is 7.90. The average Bonchev–Trinajstić information content (AvgIpc) is 2.82. The molecule has 2 rings (SSSR count). The highest BCUT2D eigenvalue weighted by Gasteiger charge is 2.33. The Bertz CT molecular complexity index is 652. The lowest BCUT2D eigenvalue weighted by atomic mass is 10.0. The maximum atomic E-state index is 11.6. The number of nitrogens with zero attached hydrogens (tertiary/aromatic N) is 1. The van der Waals surface area contributed by atoms with Crippen LogP contribution < -0.4 is 5.32 Å². The normalized spacial score (nSPS) is 22.2. The van der Waals surface area contributed by atoms with E-state index in [1.165, 1.54) is 18.2 Å². The van der Waals surface area contributed by atoms with Gasteiger partial charge >= 0.3 is 5.69 Å². The van der Waals surface area contributed by atoms with Gasteiger partial charge in [0.2, 0.25) is 0 Å². The minimum atomic E-state index is -3.72. The summed E-state index contributed by atoms with van der Waals surface area (Å²) < 4.78 is 28.3. The Hall–Kier alpha value is -1.71. The summed E-state index contributed by atoms with van der Waals surface area (Å²) in [6.07, 6.45) is 1.33. The minimum absolute atomic E-state index is 0.0427. The molecule has 0 bridgehead atoms. The number of aliphatic hydroxyl groups is 1. The van der Waals surface area contributed by atoms with Crippen LogP contribution in [0.3, 0.4) is 0 Å². The third-order valence-electron chi connectivity index (χ3n) is 3.27. The van der Waals surface area contributed by atoms with E-state index >= 15 is 0 Å². The highest BCUT2D eigenvalue weighted by atomic mass is 32.2. The van der Waals surface area contributed by atoms with Gasteiger partial charge in [0.15, 0.2) is 9.84 Å². The first-order valence-electron chi connectivity index (χ1n) is 6.24. The number of hydrogen-bond acceptors (Lipinski definition) is 7. The zero-order chi connectivity index (χ0) is 15.7. The van der Waals surface area contributed by atoms with Crippen molar-refractivity contribution in [3.05, 3.63) is 28.3 Å². The molecule has 2 N–H and O–H groups in total. The number of rotatable bonds is 5. The van der Waals surface area contributed by atoms with Gasteiger partial charge in [-0.15, -0.1) is 0 Å². The van der Waals surface area contributed by atoms with Crippen molar-refractivity contribution >= 4 is 21.2 Å². The van der Waals surface area contributed by atoms with Gasteiger partial charge in [-0.05, 0) is 12.1 Å². The molecule has 1 aliphatic rings. The lowest BCUT2D eigenvalue weighted by molar-refractivity contribution is -0.386. The van der Waals surface area contributed by atoms with E-state index < -0.39 is 26.0 Å². The smallest absolute Gasteiger partial charge is 0.310 e. The molecule has 1 aliphatic heterocycles. The molecule has 1 fully saturated rings. The van der Waals surface area contributed by atoms with E-state index in [0.717, 1.165) is 6.26 Å². The van der Waals surface area contributed by atoms with Crippen LogP contribution in [-0.2, 0) is 14.6 Å². The molecule has 116 valence electrons. The molecule has 0 amide bonds. The molecule has 9 heteroatoms. The quantitative estimate of drug-likeness (QED) is 0.601. The number of nitro benzene ring substituents is 1. The molecule has 0 saturated carbocycles. The molecule has 21 heavy (non-hydrogen) atoms. The molecule has 0 spiro atoms. The van der Waals surface area contributed by atoms with Gasteiger partial charge in [0.05, 0.1) is 11.5 Å². The van der Waals surface area contributed by atoms with E-state index in [4.69, 9.17) is 4.74 Å². The van der Waals surface area contributed by atoms with Crippen LogP contribution >= 0.6 is 0 Å². The van der Waals surface area contributed by atoms with E-state index in [-0.39, 0.29) is 23.7 Å². The first-order chi connectivity index (χ1) is 9.73. The summed E-state index contributed by atoms with van der Waals surface area (Å²) in [4.78, 5) is 10.1. The first-order valence-corrected chi connectivity index (χ1v) is 8.14. The van der Waals surface area contributed by atoms with Crippen molar-refractivity contribution in [2.45, 2.75) is 16.9 Å². The van der Waals surface area contributed by atoms with Gasteiger partial charge < -0.3 is 15.2 Å². The Morgan fingerprint density at radius 2 is 2.24 bits per heavy atom. The monoisotopic (exact) mass is 316 g/mol. The van der Waals surface area contributed by atoms with Crippen LogP contribution in [0.5, 0.6) is 0 Å². The van der Waals surface area contributed by atoms with Crippen molar-refractivity contribution in [1.29, 1.82) is 0 Å². The number of para-hydroxylation sites is 1. The number of sulfone groups is 1. The molecule has 1 saturated heterocycles. The minimum Gasteiger partial charge on any atom is -0.386 e. The summed E-state index contributed by atoms with van der Waals surface area (Å²) in [7, 11) is -3.72. The van der Waals surface area contributed by atoms with E-state index in [2.05, 4.69) is 5.32 Å². The van der Waals surface area contributed by atoms with Crippen molar-refractivity contribution in [3.63, 3.8) is 0 Å². The van der Waals surface area contributed by atoms with Crippen molar-refractivity contribution in [3.8, 4) is 0 Å². The maximum Gasteiger partial charge on any atom is 0.310 e. The zero-order valence-electron chi connectivity index (χ0n) is 11.4. The van der Waals surface area contributed by atoms with Crippen LogP contribution in [0.25, 0.3) is 0 Å². The van der Waals surface area contributed by atoms with Crippen LogP contribution in [0.2, 0.25) is 0 Å². The third kappa shape index (κ3) is 3.49. The lowest BCUT2D eigenvalue weighted by Gasteiger charge is -2.21. The lowest BCUT2D eigenvalue weighted by Crippen LogP contribution is -2.37. The number of nitro groups is 1. The molecule has 0 aliphatic carbocycles. The Morgan fingerprint density at radius 3 is 2.76 bits per heavy atom. The van der Waals surface area contributed by atoms with Crippen molar-refractivity contribution in [1.82, 2.24) is 0 Å².